The number of aliphatic hydroxyl groups is 2. The molecule has 7 N–H and O–H groups in total. The molecule has 2 aromatic heterocycles. The molecule has 18 nitrogen and oxygen atoms in total. The zero-order chi connectivity index (χ0) is 44.5. The number of esters is 2. The molecule has 1 fully saturated rings. The number of rotatable bonds is 14. The quantitative estimate of drug-likeness (QED) is 0.0879. The molecule has 3 amide bonds. The van der Waals surface area contributed by atoms with Gasteiger partial charge in [0.05, 0.1) is 35.1 Å². The van der Waals surface area contributed by atoms with Gasteiger partial charge >= 0.3 is 18.0 Å². The summed E-state index contributed by atoms with van der Waals surface area (Å²) < 4.78 is 29.8. The Bertz CT molecular complexity index is 2410. The Morgan fingerprint density at radius 3 is 2.48 bits per heavy atom. The first kappa shape index (κ1) is 44.1. The van der Waals surface area contributed by atoms with Crippen LogP contribution in [0.4, 0.5) is 10.5 Å². The van der Waals surface area contributed by atoms with Gasteiger partial charge in [-0.2, -0.15) is 0 Å². The fourth-order valence-corrected chi connectivity index (χ4v) is 8.11. The monoisotopic (exact) mass is 856 g/mol. The molecule has 8 atom stereocenters. The van der Waals surface area contributed by atoms with Crippen LogP contribution in [0.5, 0.6) is 5.75 Å². The number of nitrogens with one attached hydrogen (secondary N) is 3. The summed E-state index contributed by atoms with van der Waals surface area (Å²) >= 11 is 0. The number of aromatic nitrogens is 2. The molecule has 0 radical (unpaired) electrons. The number of pyridine rings is 2. The van der Waals surface area contributed by atoms with Crippen molar-refractivity contribution in [1.82, 2.24) is 20.2 Å². The SMILES string of the molecule is CC[C@@]1(OC(=O)[C@@H](NC(=O)[C@H](CCCN)NC(=O)Nc2ccc(O[C@H]3O[C@@H](C)[C@@H](O)[C@@H](OC)[C@@H]3O)cc2)C(C)C)C(=O)OCc2c1cc1n(c2=O)Cc2cc3ccccc3nc2-1. The number of cyclic esters (lactones) is 1. The van der Waals surface area contributed by atoms with Crippen LogP contribution >= 0.6 is 0 Å². The van der Waals surface area contributed by atoms with E-state index in [0.29, 0.717) is 29.2 Å². The van der Waals surface area contributed by atoms with Gasteiger partial charge in [0.25, 0.3) is 5.56 Å². The van der Waals surface area contributed by atoms with E-state index in [4.69, 9.17) is 34.4 Å². The normalized spacial score (nSPS) is 23.6. The largest absolute Gasteiger partial charge is 0.462 e. The number of methoxy groups -OCH3 is 1. The van der Waals surface area contributed by atoms with Gasteiger partial charge in [0.1, 0.15) is 42.8 Å². The average molecular weight is 857 g/mol. The fourth-order valence-electron chi connectivity index (χ4n) is 8.11. The zero-order valence-electron chi connectivity index (χ0n) is 35.1. The molecule has 1 saturated heterocycles. The van der Waals surface area contributed by atoms with Gasteiger partial charge < -0.3 is 60.1 Å². The third-order valence-electron chi connectivity index (χ3n) is 11.6. The van der Waals surface area contributed by atoms with Crippen molar-refractivity contribution >= 4 is 40.5 Å². The summed E-state index contributed by atoms with van der Waals surface area (Å²) in [5.74, 6) is -2.74. The van der Waals surface area contributed by atoms with E-state index in [1.807, 2.05) is 30.3 Å². The lowest BCUT2D eigenvalue weighted by Crippen LogP contribution is -2.59. The third kappa shape index (κ3) is 8.48. The summed E-state index contributed by atoms with van der Waals surface area (Å²) in [5, 5.41) is 29.8. The number of urea groups is 1. The smallest absolute Gasteiger partial charge is 0.355 e. The van der Waals surface area contributed by atoms with Gasteiger partial charge in [0.15, 0.2) is 0 Å². The predicted octanol–water partition coefficient (Wildman–Crippen LogP) is 2.56. The second-order valence-electron chi connectivity index (χ2n) is 16.0. The molecule has 0 unspecified atom stereocenters. The van der Waals surface area contributed by atoms with Crippen LogP contribution < -0.4 is 32.0 Å². The Balaban J connectivity index is 1.05. The molecule has 18 heteroatoms. The first-order chi connectivity index (χ1) is 29.7. The van der Waals surface area contributed by atoms with Crippen LogP contribution in [0.2, 0.25) is 0 Å². The average Bonchev–Trinajstić information content (AvgIpc) is 3.61. The van der Waals surface area contributed by atoms with Crippen LogP contribution in [0, 0.1) is 5.92 Å². The summed E-state index contributed by atoms with van der Waals surface area (Å²) in [5.41, 5.74) is 6.71. The molecule has 0 spiro atoms. The van der Waals surface area contributed by atoms with E-state index in [1.165, 1.54) is 31.4 Å². The lowest BCUT2D eigenvalue weighted by Gasteiger charge is -2.40. The Labute approximate surface area is 357 Å². The van der Waals surface area contributed by atoms with Crippen molar-refractivity contribution in [1.29, 1.82) is 0 Å². The van der Waals surface area contributed by atoms with Crippen molar-refractivity contribution in [3.05, 3.63) is 87.7 Å². The lowest BCUT2D eigenvalue weighted by atomic mass is 9.85. The van der Waals surface area contributed by atoms with Gasteiger partial charge in [-0.25, -0.2) is 19.4 Å². The molecule has 5 heterocycles. The Hall–Kier alpha value is -5.92. The number of carbonyl (C=O) groups is 4. The Morgan fingerprint density at radius 1 is 1.05 bits per heavy atom. The minimum Gasteiger partial charge on any atom is -0.462 e. The molecule has 330 valence electrons. The maximum absolute atomic E-state index is 14.2. The number of ether oxygens (including phenoxy) is 5. The first-order valence-electron chi connectivity index (χ1n) is 20.6. The number of hydrogen-bond donors (Lipinski definition) is 6. The molecular formula is C44H52N6O12. The number of nitrogens with zero attached hydrogens (tertiary/aromatic N) is 2. The Kier molecular flexibility index (Phi) is 13.0. The summed E-state index contributed by atoms with van der Waals surface area (Å²) in [6.45, 7) is 6.82. The maximum atomic E-state index is 14.2. The number of hydrogen-bond acceptors (Lipinski definition) is 14. The van der Waals surface area contributed by atoms with Crippen molar-refractivity contribution < 1.29 is 53.1 Å². The lowest BCUT2D eigenvalue weighted by molar-refractivity contribution is -0.272. The summed E-state index contributed by atoms with van der Waals surface area (Å²) in [6, 6.07) is 14.2. The van der Waals surface area contributed by atoms with Gasteiger partial charge in [-0.05, 0) is 81.1 Å². The van der Waals surface area contributed by atoms with Crippen molar-refractivity contribution in [2.75, 3.05) is 19.0 Å². The maximum Gasteiger partial charge on any atom is 0.355 e. The molecule has 0 saturated carbocycles. The van der Waals surface area contributed by atoms with E-state index in [0.717, 1.165) is 16.5 Å². The topological polar surface area (TPSA) is 252 Å². The third-order valence-corrected chi connectivity index (χ3v) is 11.6. The molecule has 62 heavy (non-hydrogen) atoms. The van der Waals surface area contributed by atoms with Crippen molar-refractivity contribution in [3.63, 3.8) is 0 Å². The first-order valence-corrected chi connectivity index (χ1v) is 20.6. The molecule has 3 aliphatic heterocycles. The predicted molar refractivity (Wildman–Crippen MR) is 224 cm³/mol. The molecule has 2 aromatic carbocycles. The van der Waals surface area contributed by atoms with E-state index in [2.05, 4.69) is 16.0 Å². The summed E-state index contributed by atoms with van der Waals surface area (Å²) in [7, 11) is 1.37. The molecule has 0 bridgehead atoms. The van der Waals surface area contributed by atoms with E-state index in [1.54, 1.807) is 38.3 Å². The number of fused-ring (bicyclic) bond motifs is 5. The van der Waals surface area contributed by atoms with Crippen LogP contribution in [0.15, 0.2) is 65.5 Å². The van der Waals surface area contributed by atoms with E-state index >= 15 is 0 Å². The molecule has 0 aliphatic carbocycles. The Morgan fingerprint density at radius 2 is 1.79 bits per heavy atom. The number of amides is 3. The number of anilines is 1. The minimum atomic E-state index is -2.01. The highest BCUT2D eigenvalue weighted by atomic mass is 16.7. The summed E-state index contributed by atoms with van der Waals surface area (Å²) in [4.78, 5) is 73.9. The minimum absolute atomic E-state index is 0.0773. The molecule has 3 aliphatic rings. The van der Waals surface area contributed by atoms with Crippen LogP contribution in [0.3, 0.4) is 0 Å². The standard InChI is InChI=1S/C44H52N6O12/c1-6-44(29-19-32-34-25(18-24-10-7-8-11-30(24)47-34)20-50(32)39(54)28(29)21-59-42(44)56)62-40(55)33(22(2)3)49-38(53)31(12-9-17-45)48-43(57)46-26-13-15-27(16-14-26)61-41-36(52)37(58-5)35(51)23(4)60-41/h7-8,10-11,13-16,18-19,22-23,31,33,35-37,41,51-52H,6,9,12,17,20-21,45H2,1-5H3,(H,49,53)(H2,46,48,57)/t23-,31-,33-,35+,36-,37+,41+,44-/m0/s1. The number of carbonyl (C=O) groups excluding carboxylic acids is 4. The number of benzene rings is 2. The molecule has 4 aromatic rings. The van der Waals surface area contributed by atoms with Crippen molar-refractivity contribution in [2.45, 2.75) is 108 Å². The highest BCUT2D eigenvalue weighted by molar-refractivity contribution is 5.95. The van der Waals surface area contributed by atoms with Gasteiger partial charge in [0.2, 0.25) is 17.8 Å². The fraction of sp³-hybridized carbons (Fsp3) is 0.455. The van der Waals surface area contributed by atoms with Crippen molar-refractivity contribution in [3.8, 4) is 17.1 Å². The van der Waals surface area contributed by atoms with E-state index in [-0.39, 0.29) is 43.7 Å². The highest BCUT2D eigenvalue weighted by Gasteiger charge is 2.52. The van der Waals surface area contributed by atoms with Gasteiger partial charge in [-0.15, -0.1) is 0 Å². The van der Waals surface area contributed by atoms with Gasteiger partial charge in [-0.3, -0.25) is 9.59 Å². The number of nitrogens with two attached hydrogens (primary N) is 1. The van der Waals surface area contributed by atoms with E-state index in [9.17, 15) is 34.2 Å². The molecule has 7 rings (SSSR count). The second-order valence-corrected chi connectivity index (χ2v) is 16.0. The van der Waals surface area contributed by atoms with E-state index < -0.39 is 83.7 Å². The zero-order valence-corrected chi connectivity index (χ0v) is 35.1. The molecular weight excluding hydrogens is 805 g/mol. The van der Waals surface area contributed by atoms with Gasteiger partial charge in [-0.1, -0.05) is 39.0 Å². The summed E-state index contributed by atoms with van der Waals surface area (Å²) in [6.07, 6.45) is -4.65. The van der Waals surface area contributed by atoms with Crippen molar-refractivity contribution in [2.24, 2.45) is 11.7 Å². The van der Waals surface area contributed by atoms with Gasteiger partial charge in [0, 0.05) is 29.3 Å². The highest BCUT2D eigenvalue weighted by Crippen LogP contribution is 2.41. The van der Waals surface area contributed by atoms with Crippen LogP contribution in [0.1, 0.15) is 63.6 Å². The number of para-hydroxylation sites is 1. The second kappa shape index (κ2) is 18.2. The van der Waals surface area contributed by atoms with Crippen LogP contribution in [0.25, 0.3) is 22.3 Å². The number of aliphatic hydroxyl groups excluding tert-OH is 2. The van der Waals surface area contributed by atoms with Crippen LogP contribution in [-0.2, 0) is 52.1 Å². The van der Waals surface area contributed by atoms with Crippen LogP contribution in [-0.4, -0.2) is 100 Å².